The minimum atomic E-state index is -4.75. The van der Waals surface area contributed by atoms with E-state index in [0.29, 0.717) is 23.1 Å². The standard InChI is InChI=1S/C21H21F3N4O/c1-3-14(2)25-20-27-18(15-8-5-4-6-9-15)13-19(28-20)26-16-10-7-11-17(12-16)29-21(22,23)24/h4-14H,3H2,1-2H3,(H2,25,26,27,28)/t14-/m1/s1. The first-order chi connectivity index (χ1) is 13.8. The highest BCUT2D eigenvalue weighted by Gasteiger charge is 2.31. The topological polar surface area (TPSA) is 59.1 Å². The van der Waals surface area contributed by atoms with Gasteiger partial charge < -0.3 is 15.4 Å². The first kappa shape index (κ1) is 20.4. The fourth-order valence-corrected chi connectivity index (χ4v) is 2.57. The number of aromatic nitrogens is 2. The molecule has 152 valence electrons. The maximum absolute atomic E-state index is 12.5. The summed E-state index contributed by atoms with van der Waals surface area (Å²) in [5.41, 5.74) is 2.01. The summed E-state index contributed by atoms with van der Waals surface area (Å²) in [6.07, 6.45) is -3.86. The number of ether oxygens (including phenoxy) is 1. The molecule has 8 heteroatoms. The van der Waals surface area contributed by atoms with Crippen molar-refractivity contribution in [1.29, 1.82) is 0 Å². The Morgan fingerprint density at radius 1 is 1.00 bits per heavy atom. The molecular formula is C21H21F3N4O. The summed E-state index contributed by atoms with van der Waals surface area (Å²) in [5, 5.41) is 6.27. The molecular weight excluding hydrogens is 381 g/mol. The highest BCUT2D eigenvalue weighted by Crippen LogP contribution is 2.28. The van der Waals surface area contributed by atoms with Crippen LogP contribution in [0, 0.1) is 0 Å². The number of benzene rings is 2. The SMILES string of the molecule is CC[C@@H](C)Nc1nc(Nc2cccc(OC(F)(F)F)c2)cc(-c2ccccc2)n1. The first-order valence-electron chi connectivity index (χ1n) is 9.16. The van der Waals surface area contributed by atoms with Crippen LogP contribution < -0.4 is 15.4 Å². The van der Waals surface area contributed by atoms with Gasteiger partial charge in [-0.1, -0.05) is 43.3 Å². The van der Waals surface area contributed by atoms with Gasteiger partial charge in [0.1, 0.15) is 11.6 Å². The summed E-state index contributed by atoms with van der Waals surface area (Å²) in [4.78, 5) is 9.01. The van der Waals surface area contributed by atoms with Gasteiger partial charge in [-0.05, 0) is 25.5 Å². The minimum Gasteiger partial charge on any atom is -0.406 e. The molecule has 29 heavy (non-hydrogen) atoms. The van der Waals surface area contributed by atoms with Gasteiger partial charge in [0.25, 0.3) is 0 Å². The molecule has 0 amide bonds. The zero-order valence-electron chi connectivity index (χ0n) is 16.0. The molecule has 3 rings (SSSR count). The van der Waals surface area contributed by atoms with Gasteiger partial charge in [0.2, 0.25) is 5.95 Å². The van der Waals surface area contributed by atoms with Crippen LogP contribution in [-0.2, 0) is 0 Å². The smallest absolute Gasteiger partial charge is 0.406 e. The molecule has 0 unspecified atom stereocenters. The van der Waals surface area contributed by atoms with Crippen LogP contribution in [0.3, 0.4) is 0 Å². The van der Waals surface area contributed by atoms with Crippen molar-refractivity contribution in [3.63, 3.8) is 0 Å². The molecule has 1 heterocycles. The van der Waals surface area contributed by atoms with Gasteiger partial charge in [0.15, 0.2) is 0 Å². The van der Waals surface area contributed by atoms with Crippen molar-refractivity contribution in [1.82, 2.24) is 9.97 Å². The van der Waals surface area contributed by atoms with Gasteiger partial charge in [-0.25, -0.2) is 4.98 Å². The van der Waals surface area contributed by atoms with E-state index >= 15 is 0 Å². The van der Waals surface area contributed by atoms with Crippen molar-refractivity contribution < 1.29 is 17.9 Å². The van der Waals surface area contributed by atoms with Crippen LogP contribution in [0.4, 0.5) is 30.6 Å². The fraction of sp³-hybridized carbons (Fsp3) is 0.238. The van der Waals surface area contributed by atoms with E-state index in [0.717, 1.165) is 12.0 Å². The van der Waals surface area contributed by atoms with Crippen LogP contribution in [0.2, 0.25) is 0 Å². The molecule has 0 saturated carbocycles. The third kappa shape index (κ3) is 6.10. The van der Waals surface area contributed by atoms with Gasteiger partial charge in [-0.3, -0.25) is 0 Å². The van der Waals surface area contributed by atoms with Crippen LogP contribution in [-0.4, -0.2) is 22.4 Å². The molecule has 0 bridgehead atoms. The van der Waals surface area contributed by atoms with E-state index in [9.17, 15) is 13.2 Å². The lowest BCUT2D eigenvalue weighted by atomic mass is 10.1. The predicted octanol–water partition coefficient (Wildman–Crippen LogP) is 6.00. The highest BCUT2D eigenvalue weighted by molar-refractivity contribution is 5.67. The molecule has 0 fully saturated rings. The lowest BCUT2D eigenvalue weighted by Gasteiger charge is -2.15. The van der Waals surface area contributed by atoms with Crippen molar-refractivity contribution in [3.05, 3.63) is 60.7 Å². The van der Waals surface area contributed by atoms with E-state index in [1.54, 1.807) is 12.1 Å². The van der Waals surface area contributed by atoms with Crippen molar-refractivity contribution >= 4 is 17.5 Å². The van der Waals surface area contributed by atoms with Crippen LogP contribution in [0.5, 0.6) is 5.75 Å². The van der Waals surface area contributed by atoms with Crippen LogP contribution in [0.25, 0.3) is 11.3 Å². The number of nitrogens with one attached hydrogen (secondary N) is 2. The second-order valence-corrected chi connectivity index (χ2v) is 6.48. The van der Waals surface area contributed by atoms with E-state index in [2.05, 4.69) is 25.3 Å². The van der Waals surface area contributed by atoms with E-state index in [4.69, 9.17) is 0 Å². The summed E-state index contributed by atoms with van der Waals surface area (Å²) >= 11 is 0. The maximum atomic E-state index is 12.5. The summed E-state index contributed by atoms with van der Waals surface area (Å²) < 4.78 is 41.4. The average Bonchev–Trinajstić information content (AvgIpc) is 2.67. The lowest BCUT2D eigenvalue weighted by molar-refractivity contribution is -0.274. The highest BCUT2D eigenvalue weighted by atomic mass is 19.4. The van der Waals surface area contributed by atoms with Crippen molar-refractivity contribution in [3.8, 4) is 17.0 Å². The van der Waals surface area contributed by atoms with Gasteiger partial charge in [-0.15, -0.1) is 13.2 Å². The summed E-state index contributed by atoms with van der Waals surface area (Å²) in [5.74, 6) is 0.581. The van der Waals surface area contributed by atoms with E-state index in [1.165, 1.54) is 18.2 Å². The van der Waals surface area contributed by atoms with Crippen molar-refractivity contribution in [2.75, 3.05) is 10.6 Å². The Morgan fingerprint density at radius 3 is 2.45 bits per heavy atom. The average molecular weight is 402 g/mol. The summed E-state index contributed by atoms with van der Waals surface area (Å²) in [6, 6.07) is 17.1. The Bertz CT molecular complexity index is 948. The third-order valence-electron chi connectivity index (χ3n) is 4.12. The molecule has 0 radical (unpaired) electrons. The van der Waals surface area contributed by atoms with Crippen LogP contribution in [0.1, 0.15) is 20.3 Å². The molecule has 1 atom stereocenters. The third-order valence-corrected chi connectivity index (χ3v) is 4.12. The van der Waals surface area contributed by atoms with Gasteiger partial charge in [-0.2, -0.15) is 4.98 Å². The van der Waals surface area contributed by atoms with Crippen molar-refractivity contribution in [2.24, 2.45) is 0 Å². The quantitative estimate of drug-likeness (QED) is 0.508. The molecule has 0 saturated heterocycles. The number of halogens is 3. The fourth-order valence-electron chi connectivity index (χ4n) is 2.57. The molecule has 1 aromatic heterocycles. The number of rotatable bonds is 7. The normalized spacial score (nSPS) is 12.3. The number of hydrogen-bond acceptors (Lipinski definition) is 5. The Kier molecular flexibility index (Phi) is 6.21. The number of alkyl halides is 3. The van der Waals surface area contributed by atoms with E-state index < -0.39 is 6.36 Å². The second-order valence-electron chi connectivity index (χ2n) is 6.48. The van der Waals surface area contributed by atoms with Crippen molar-refractivity contribution in [2.45, 2.75) is 32.7 Å². The van der Waals surface area contributed by atoms with Crippen LogP contribution in [0.15, 0.2) is 60.7 Å². The Labute approximate surface area is 167 Å². The molecule has 2 N–H and O–H groups in total. The first-order valence-corrected chi connectivity index (χ1v) is 9.16. The van der Waals surface area contributed by atoms with Gasteiger partial charge in [0.05, 0.1) is 5.69 Å². The van der Waals surface area contributed by atoms with E-state index in [1.807, 2.05) is 44.2 Å². The summed E-state index contributed by atoms with van der Waals surface area (Å²) in [6.45, 7) is 4.06. The largest absolute Gasteiger partial charge is 0.573 e. The number of anilines is 3. The van der Waals surface area contributed by atoms with E-state index in [-0.39, 0.29) is 11.8 Å². The monoisotopic (exact) mass is 402 g/mol. The maximum Gasteiger partial charge on any atom is 0.573 e. The Balaban J connectivity index is 1.92. The molecule has 0 aliphatic carbocycles. The molecule has 0 aliphatic rings. The lowest BCUT2D eigenvalue weighted by Crippen LogP contribution is -2.17. The van der Waals surface area contributed by atoms with Gasteiger partial charge >= 0.3 is 6.36 Å². The molecule has 3 aromatic rings. The Hall–Kier alpha value is -3.29. The minimum absolute atomic E-state index is 0.164. The zero-order chi connectivity index (χ0) is 20.9. The number of hydrogen-bond donors (Lipinski definition) is 2. The van der Waals surface area contributed by atoms with Crippen LogP contribution >= 0.6 is 0 Å². The second kappa shape index (κ2) is 8.81. The predicted molar refractivity (Wildman–Crippen MR) is 107 cm³/mol. The molecule has 0 spiro atoms. The molecule has 5 nitrogen and oxygen atoms in total. The molecule has 0 aliphatic heterocycles. The summed E-state index contributed by atoms with van der Waals surface area (Å²) in [7, 11) is 0. The number of nitrogens with zero attached hydrogens (tertiary/aromatic N) is 2. The zero-order valence-corrected chi connectivity index (χ0v) is 16.0. The Morgan fingerprint density at radius 2 is 1.76 bits per heavy atom. The van der Waals surface area contributed by atoms with Gasteiger partial charge in [0, 0.05) is 29.4 Å². The molecule has 2 aromatic carbocycles.